The molecule has 6 fully saturated rings. The Morgan fingerprint density at radius 1 is 0.550 bits per heavy atom. The Labute approximate surface area is 125 Å². The van der Waals surface area contributed by atoms with Crippen molar-refractivity contribution in [2.45, 2.75) is 77.6 Å². The van der Waals surface area contributed by atoms with E-state index in [4.69, 9.17) is 0 Å². The zero-order valence-electron chi connectivity index (χ0n) is 13.3. The first-order valence-electron chi connectivity index (χ1n) is 9.68. The Hall–Kier alpha value is 0. The van der Waals surface area contributed by atoms with Gasteiger partial charge in [0.15, 0.2) is 0 Å². The monoisotopic (exact) mass is 272 g/mol. The molecule has 6 bridgehead atoms. The molecule has 0 N–H and O–H groups in total. The molecule has 2 atom stereocenters. The predicted molar refractivity (Wildman–Crippen MR) is 83.3 cm³/mol. The van der Waals surface area contributed by atoms with Gasteiger partial charge in [0.2, 0.25) is 0 Å². The van der Waals surface area contributed by atoms with Crippen LogP contribution >= 0.6 is 0 Å². The first-order valence-corrected chi connectivity index (χ1v) is 9.68. The lowest BCUT2D eigenvalue weighted by atomic mass is 9.44. The van der Waals surface area contributed by atoms with Gasteiger partial charge in [0.25, 0.3) is 0 Å². The Bertz CT molecular complexity index is 342. The fourth-order valence-electron chi connectivity index (χ4n) is 8.36. The molecule has 2 unspecified atom stereocenters. The van der Waals surface area contributed by atoms with E-state index in [0.29, 0.717) is 0 Å². The molecule has 0 aromatic heterocycles. The van der Waals surface area contributed by atoms with Crippen molar-refractivity contribution in [3.05, 3.63) is 0 Å². The van der Waals surface area contributed by atoms with Crippen LogP contribution in [-0.4, -0.2) is 0 Å². The Balaban J connectivity index is 1.40. The fraction of sp³-hybridized carbons (Fsp3) is 1.00. The van der Waals surface area contributed by atoms with Gasteiger partial charge >= 0.3 is 0 Å². The van der Waals surface area contributed by atoms with Crippen LogP contribution in [0.3, 0.4) is 0 Å². The Kier molecular flexibility index (Phi) is 2.67. The SMILES string of the molecule is CC1CC2CC(C1)CC(C13CC4CC(CC(C4)C1)C3)C2. The van der Waals surface area contributed by atoms with E-state index in [2.05, 4.69) is 6.92 Å². The Morgan fingerprint density at radius 3 is 1.50 bits per heavy atom. The third-order valence-corrected chi connectivity index (χ3v) is 8.33. The minimum absolute atomic E-state index is 0.853. The van der Waals surface area contributed by atoms with E-state index in [9.17, 15) is 0 Å². The second-order valence-electron chi connectivity index (χ2n) is 9.99. The standard InChI is InChI=1S/C20H32/c1-13-2-14-4-15(3-13)9-19(8-14)20-10-16-5-17(11-20)7-18(6-16)12-20/h13-19H,2-12H2,1H3. The lowest BCUT2D eigenvalue weighted by molar-refractivity contribution is -0.111. The van der Waals surface area contributed by atoms with Gasteiger partial charge in [-0.25, -0.2) is 0 Å². The van der Waals surface area contributed by atoms with Crippen molar-refractivity contribution in [3.8, 4) is 0 Å². The van der Waals surface area contributed by atoms with Crippen LogP contribution in [-0.2, 0) is 0 Å². The maximum atomic E-state index is 2.52. The smallest absolute Gasteiger partial charge is 0.0261 e. The highest BCUT2D eigenvalue weighted by Crippen LogP contribution is 2.66. The molecule has 6 saturated carbocycles. The van der Waals surface area contributed by atoms with Crippen LogP contribution in [0.15, 0.2) is 0 Å². The summed E-state index contributed by atoms with van der Waals surface area (Å²) < 4.78 is 0. The highest BCUT2D eigenvalue weighted by molar-refractivity contribution is 5.05. The summed E-state index contributed by atoms with van der Waals surface area (Å²) in [6.45, 7) is 2.52. The number of fused-ring (bicyclic) bond motifs is 2. The lowest BCUT2D eigenvalue weighted by Gasteiger charge is -2.61. The summed E-state index contributed by atoms with van der Waals surface area (Å²) >= 11 is 0. The average Bonchev–Trinajstić information content (AvgIpc) is 2.35. The third kappa shape index (κ3) is 1.85. The zero-order chi connectivity index (χ0) is 13.3. The molecule has 6 aliphatic rings. The van der Waals surface area contributed by atoms with Crippen molar-refractivity contribution >= 4 is 0 Å². The van der Waals surface area contributed by atoms with Crippen molar-refractivity contribution in [3.63, 3.8) is 0 Å². The summed E-state index contributed by atoms with van der Waals surface area (Å²) in [5.41, 5.74) is 0.853. The molecule has 0 spiro atoms. The largest absolute Gasteiger partial charge is 0.0625 e. The second kappa shape index (κ2) is 4.26. The third-order valence-electron chi connectivity index (χ3n) is 8.33. The van der Waals surface area contributed by atoms with Gasteiger partial charge < -0.3 is 0 Å². The molecule has 0 amide bonds. The summed E-state index contributed by atoms with van der Waals surface area (Å²) in [6.07, 6.45) is 17.8. The Morgan fingerprint density at radius 2 is 1.00 bits per heavy atom. The van der Waals surface area contributed by atoms with Gasteiger partial charge in [0, 0.05) is 0 Å². The minimum Gasteiger partial charge on any atom is -0.0625 e. The molecule has 0 heterocycles. The van der Waals surface area contributed by atoms with E-state index in [-0.39, 0.29) is 0 Å². The molecule has 0 aromatic rings. The van der Waals surface area contributed by atoms with Crippen LogP contribution < -0.4 is 0 Å². The predicted octanol–water partition coefficient (Wildman–Crippen LogP) is 5.67. The van der Waals surface area contributed by atoms with E-state index < -0.39 is 0 Å². The second-order valence-corrected chi connectivity index (χ2v) is 9.99. The van der Waals surface area contributed by atoms with E-state index in [1.807, 2.05) is 0 Å². The summed E-state index contributed by atoms with van der Waals surface area (Å²) in [7, 11) is 0. The van der Waals surface area contributed by atoms with Gasteiger partial charge in [-0.05, 0) is 117 Å². The van der Waals surface area contributed by atoms with E-state index >= 15 is 0 Å². The average molecular weight is 272 g/mol. The van der Waals surface area contributed by atoms with Crippen molar-refractivity contribution in [1.82, 2.24) is 0 Å². The molecule has 6 rings (SSSR count). The molecule has 0 nitrogen and oxygen atoms in total. The van der Waals surface area contributed by atoms with Crippen LogP contribution in [0.5, 0.6) is 0 Å². The van der Waals surface area contributed by atoms with Gasteiger partial charge in [-0.2, -0.15) is 0 Å². The first-order chi connectivity index (χ1) is 9.68. The molecular weight excluding hydrogens is 240 g/mol. The van der Waals surface area contributed by atoms with E-state index in [1.54, 1.807) is 70.6 Å². The summed E-state index contributed by atoms with van der Waals surface area (Å²) in [5, 5.41) is 0. The maximum Gasteiger partial charge on any atom is -0.0261 e. The van der Waals surface area contributed by atoms with Gasteiger partial charge in [-0.1, -0.05) is 6.92 Å². The molecule has 20 heavy (non-hydrogen) atoms. The number of hydrogen-bond acceptors (Lipinski definition) is 0. The molecule has 0 aromatic carbocycles. The molecule has 0 aliphatic heterocycles. The molecular formula is C20H32. The normalized spacial score (nSPS) is 60.8. The summed E-state index contributed by atoms with van der Waals surface area (Å²) in [4.78, 5) is 0. The molecule has 112 valence electrons. The van der Waals surface area contributed by atoms with Crippen LogP contribution in [0.2, 0.25) is 0 Å². The molecule has 0 saturated heterocycles. The topological polar surface area (TPSA) is 0 Å². The first kappa shape index (κ1) is 12.5. The van der Waals surface area contributed by atoms with Gasteiger partial charge in [0.1, 0.15) is 0 Å². The zero-order valence-corrected chi connectivity index (χ0v) is 13.3. The van der Waals surface area contributed by atoms with Crippen LogP contribution in [0.1, 0.15) is 77.6 Å². The maximum absolute atomic E-state index is 2.52. The van der Waals surface area contributed by atoms with Crippen LogP contribution in [0, 0.1) is 46.8 Å². The molecule has 0 radical (unpaired) electrons. The van der Waals surface area contributed by atoms with Crippen LogP contribution in [0.4, 0.5) is 0 Å². The minimum atomic E-state index is 0.853. The van der Waals surface area contributed by atoms with Crippen molar-refractivity contribution in [2.24, 2.45) is 46.8 Å². The fourth-order valence-corrected chi connectivity index (χ4v) is 8.36. The van der Waals surface area contributed by atoms with Gasteiger partial charge in [-0.15, -0.1) is 0 Å². The highest BCUT2D eigenvalue weighted by atomic mass is 14.6. The quantitative estimate of drug-likeness (QED) is 0.577. The molecule has 0 heteroatoms. The van der Waals surface area contributed by atoms with Gasteiger partial charge in [-0.3, -0.25) is 0 Å². The van der Waals surface area contributed by atoms with Crippen molar-refractivity contribution in [1.29, 1.82) is 0 Å². The van der Waals surface area contributed by atoms with Crippen molar-refractivity contribution < 1.29 is 0 Å². The van der Waals surface area contributed by atoms with Gasteiger partial charge in [0.05, 0.1) is 0 Å². The lowest BCUT2D eigenvalue weighted by Crippen LogP contribution is -2.51. The van der Waals surface area contributed by atoms with Crippen LogP contribution in [0.25, 0.3) is 0 Å². The number of rotatable bonds is 1. The highest BCUT2D eigenvalue weighted by Gasteiger charge is 2.55. The van der Waals surface area contributed by atoms with Crippen molar-refractivity contribution in [2.75, 3.05) is 0 Å². The summed E-state index contributed by atoms with van der Waals surface area (Å²) in [5.74, 6) is 7.89. The van der Waals surface area contributed by atoms with E-state index in [0.717, 1.165) is 46.8 Å². The molecule has 6 aliphatic carbocycles. The number of hydrogen-bond donors (Lipinski definition) is 0. The van der Waals surface area contributed by atoms with E-state index in [1.165, 1.54) is 0 Å². The summed E-state index contributed by atoms with van der Waals surface area (Å²) in [6, 6.07) is 0.